The lowest BCUT2D eigenvalue weighted by Crippen LogP contribution is -2.33. The third-order valence-corrected chi connectivity index (χ3v) is 7.60. The van der Waals surface area contributed by atoms with Crippen LogP contribution in [0.1, 0.15) is 55.3 Å². The maximum absolute atomic E-state index is 13.7. The second-order valence-electron chi connectivity index (χ2n) is 8.80. The summed E-state index contributed by atoms with van der Waals surface area (Å²) in [6, 6.07) is 14.2. The van der Waals surface area contributed by atoms with Gasteiger partial charge in [-0.2, -0.15) is 0 Å². The number of thioether (sulfide) groups is 1. The molecule has 2 atom stereocenters. The van der Waals surface area contributed by atoms with Crippen LogP contribution in [-0.2, 0) is 0 Å². The number of aromatic nitrogens is 4. The fraction of sp³-hybridized carbons (Fsp3) is 0.346. The predicted octanol–water partition coefficient (Wildman–Crippen LogP) is 5.80. The minimum atomic E-state index is -0.374. The first kappa shape index (κ1) is 22.8. The fourth-order valence-electron chi connectivity index (χ4n) is 4.64. The van der Waals surface area contributed by atoms with Crippen LogP contribution in [0, 0.1) is 5.82 Å². The number of hydrogen-bond donors (Lipinski definition) is 1. The van der Waals surface area contributed by atoms with Gasteiger partial charge in [-0.15, -0.1) is 10.2 Å². The van der Waals surface area contributed by atoms with Gasteiger partial charge in [0.2, 0.25) is 0 Å². The first-order valence-corrected chi connectivity index (χ1v) is 12.6. The Balaban J connectivity index is 1.47. The molecule has 34 heavy (non-hydrogen) atoms. The van der Waals surface area contributed by atoms with Crippen LogP contribution in [0.5, 0.6) is 0 Å². The number of aromatic amines is 1. The van der Waals surface area contributed by atoms with Gasteiger partial charge in [0.05, 0.1) is 11.3 Å². The number of benzene rings is 2. The van der Waals surface area contributed by atoms with Gasteiger partial charge in [0, 0.05) is 28.4 Å². The zero-order chi connectivity index (χ0) is 23.7. The Morgan fingerprint density at radius 3 is 2.53 bits per heavy atom. The van der Waals surface area contributed by atoms with Crippen molar-refractivity contribution in [1.82, 2.24) is 24.6 Å². The van der Waals surface area contributed by atoms with Gasteiger partial charge in [-0.1, -0.05) is 36.4 Å². The number of nitrogens with one attached hydrogen (secondary N) is 1. The van der Waals surface area contributed by atoms with E-state index in [0.29, 0.717) is 10.7 Å². The molecule has 0 aliphatic carbocycles. The van der Waals surface area contributed by atoms with E-state index < -0.39 is 0 Å². The number of ketones is 1. The standard InChI is InChI=1S/C26H28FN5OS/c1-17(31-14-6-3-7-15-31)25-29-30-26(32(25)20-12-10-19(27)11-13-20)34-18(2)24(33)22-16-28-23-9-5-4-8-21(22)23/h4-5,8-13,16-18,28H,3,6-7,14-15H2,1-2H3. The highest BCUT2D eigenvalue weighted by Gasteiger charge is 2.28. The molecule has 1 aliphatic heterocycles. The third-order valence-electron chi connectivity index (χ3n) is 6.56. The van der Waals surface area contributed by atoms with Crippen molar-refractivity contribution in [2.45, 2.75) is 49.6 Å². The van der Waals surface area contributed by atoms with E-state index in [0.717, 1.165) is 35.5 Å². The zero-order valence-corrected chi connectivity index (χ0v) is 20.2. The molecule has 1 N–H and O–H groups in total. The van der Waals surface area contributed by atoms with Crippen molar-refractivity contribution < 1.29 is 9.18 Å². The van der Waals surface area contributed by atoms with Crippen molar-refractivity contribution in [2.24, 2.45) is 0 Å². The van der Waals surface area contributed by atoms with Crippen LogP contribution in [0.2, 0.25) is 0 Å². The zero-order valence-electron chi connectivity index (χ0n) is 19.4. The number of H-pyrrole nitrogens is 1. The van der Waals surface area contributed by atoms with E-state index >= 15 is 0 Å². The summed E-state index contributed by atoms with van der Waals surface area (Å²) in [5.74, 6) is 0.545. The van der Waals surface area contributed by atoms with Crippen LogP contribution in [-0.4, -0.2) is 48.8 Å². The Hall–Kier alpha value is -2.97. The molecule has 2 aromatic heterocycles. The Morgan fingerprint density at radius 1 is 1.03 bits per heavy atom. The number of fused-ring (bicyclic) bond motifs is 1. The highest BCUT2D eigenvalue weighted by molar-refractivity contribution is 8.00. The number of Topliss-reactive ketones (excluding diaryl/α,β-unsaturated/α-hetero) is 1. The van der Waals surface area contributed by atoms with Gasteiger partial charge in [0.15, 0.2) is 16.8 Å². The molecule has 3 heterocycles. The number of piperidine rings is 1. The lowest BCUT2D eigenvalue weighted by atomic mass is 10.1. The maximum Gasteiger partial charge on any atom is 0.196 e. The molecule has 0 spiro atoms. The summed E-state index contributed by atoms with van der Waals surface area (Å²) in [6.07, 6.45) is 5.38. The second-order valence-corrected chi connectivity index (χ2v) is 10.1. The van der Waals surface area contributed by atoms with Gasteiger partial charge in [0.25, 0.3) is 0 Å². The molecule has 1 fully saturated rings. The van der Waals surface area contributed by atoms with E-state index in [9.17, 15) is 9.18 Å². The molecular formula is C26H28FN5OS. The highest BCUT2D eigenvalue weighted by atomic mass is 32.2. The van der Waals surface area contributed by atoms with Crippen LogP contribution in [0.3, 0.4) is 0 Å². The molecule has 2 aromatic carbocycles. The molecule has 0 amide bonds. The van der Waals surface area contributed by atoms with Gasteiger partial charge >= 0.3 is 0 Å². The molecule has 0 bridgehead atoms. The minimum Gasteiger partial charge on any atom is -0.360 e. The molecule has 0 saturated carbocycles. The maximum atomic E-state index is 13.7. The fourth-order valence-corrected chi connectivity index (χ4v) is 5.58. The molecule has 1 aliphatic rings. The second kappa shape index (κ2) is 9.72. The predicted molar refractivity (Wildman–Crippen MR) is 133 cm³/mol. The normalized spacial score (nSPS) is 16.6. The summed E-state index contributed by atoms with van der Waals surface area (Å²) in [4.78, 5) is 18.9. The lowest BCUT2D eigenvalue weighted by molar-refractivity contribution is 0.0995. The third kappa shape index (κ3) is 4.40. The Morgan fingerprint density at radius 2 is 1.76 bits per heavy atom. The number of likely N-dealkylation sites (tertiary alicyclic amines) is 1. The van der Waals surface area contributed by atoms with Gasteiger partial charge in [-0.3, -0.25) is 14.3 Å². The van der Waals surface area contributed by atoms with Gasteiger partial charge in [-0.05, 0) is 70.1 Å². The van der Waals surface area contributed by atoms with E-state index in [2.05, 4.69) is 27.0 Å². The minimum absolute atomic E-state index is 0.0294. The van der Waals surface area contributed by atoms with E-state index in [4.69, 9.17) is 0 Å². The average Bonchev–Trinajstić information content (AvgIpc) is 3.49. The van der Waals surface area contributed by atoms with E-state index in [1.807, 2.05) is 35.8 Å². The van der Waals surface area contributed by atoms with Crippen molar-refractivity contribution in [1.29, 1.82) is 0 Å². The number of hydrogen-bond acceptors (Lipinski definition) is 5. The quantitative estimate of drug-likeness (QED) is 0.269. The summed E-state index contributed by atoms with van der Waals surface area (Å²) >= 11 is 1.38. The van der Waals surface area contributed by atoms with Gasteiger partial charge in [0.1, 0.15) is 5.82 Å². The molecule has 6 nitrogen and oxygen atoms in total. The molecule has 1 saturated heterocycles. The van der Waals surface area contributed by atoms with E-state index in [1.54, 1.807) is 18.3 Å². The number of nitrogens with zero attached hydrogens (tertiary/aromatic N) is 4. The molecule has 176 valence electrons. The van der Waals surface area contributed by atoms with Crippen LogP contribution in [0.15, 0.2) is 59.9 Å². The summed E-state index contributed by atoms with van der Waals surface area (Å²) in [5, 5.41) is 10.2. The summed E-state index contributed by atoms with van der Waals surface area (Å²) in [6.45, 7) is 6.08. The topological polar surface area (TPSA) is 66.8 Å². The van der Waals surface area contributed by atoms with Crippen molar-refractivity contribution in [3.8, 4) is 5.69 Å². The molecule has 8 heteroatoms. The van der Waals surface area contributed by atoms with Gasteiger partial charge in [-0.25, -0.2) is 4.39 Å². The SMILES string of the molecule is CC(Sc1nnc(C(C)N2CCCCC2)n1-c1ccc(F)cc1)C(=O)c1c[nH]c2ccccc12. The number of carbonyl (C=O) groups is 1. The monoisotopic (exact) mass is 477 g/mol. The van der Waals surface area contributed by atoms with Gasteiger partial charge < -0.3 is 4.98 Å². The smallest absolute Gasteiger partial charge is 0.196 e. The molecule has 2 unspecified atom stereocenters. The first-order valence-electron chi connectivity index (χ1n) is 11.7. The Labute approximate surface area is 202 Å². The molecule has 5 rings (SSSR count). The molecule has 4 aromatic rings. The van der Waals surface area contributed by atoms with Crippen molar-refractivity contribution in [3.05, 3.63) is 71.9 Å². The molecular weight excluding hydrogens is 449 g/mol. The highest BCUT2D eigenvalue weighted by Crippen LogP contribution is 2.33. The van der Waals surface area contributed by atoms with Crippen molar-refractivity contribution in [2.75, 3.05) is 13.1 Å². The van der Waals surface area contributed by atoms with Crippen LogP contribution in [0.25, 0.3) is 16.6 Å². The summed E-state index contributed by atoms with van der Waals surface area (Å²) in [7, 11) is 0. The lowest BCUT2D eigenvalue weighted by Gasteiger charge is -2.32. The molecule has 0 radical (unpaired) electrons. The average molecular weight is 478 g/mol. The summed E-state index contributed by atoms with van der Waals surface area (Å²) in [5.41, 5.74) is 2.40. The number of para-hydroxylation sites is 1. The largest absolute Gasteiger partial charge is 0.360 e. The van der Waals surface area contributed by atoms with Crippen LogP contribution >= 0.6 is 11.8 Å². The van der Waals surface area contributed by atoms with Crippen molar-refractivity contribution in [3.63, 3.8) is 0 Å². The van der Waals surface area contributed by atoms with E-state index in [1.165, 1.54) is 43.2 Å². The Bertz CT molecular complexity index is 1290. The number of rotatable bonds is 7. The summed E-state index contributed by atoms with van der Waals surface area (Å²) < 4.78 is 15.7. The van der Waals surface area contributed by atoms with Crippen LogP contribution in [0.4, 0.5) is 4.39 Å². The number of carbonyl (C=O) groups excluding carboxylic acids is 1. The van der Waals surface area contributed by atoms with Crippen molar-refractivity contribution >= 4 is 28.4 Å². The first-order chi connectivity index (χ1) is 16.5. The van der Waals surface area contributed by atoms with Crippen LogP contribution < -0.4 is 0 Å². The number of halogens is 1. The van der Waals surface area contributed by atoms with E-state index in [-0.39, 0.29) is 22.9 Å². The Kier molecular flexibility index (Phi) is 6.52.